The van der Waals surface area contributed by atoms with Gasteiger partial charge in [-0.2, -0.15) is 0 Å². The molecule has 1 atom stereocenters. The zero-order valence-corrected chi connectivity index (χ0v) is 12.0. The molecule has 1 N–H and O–H groups in total. The summed E-state index contributed by atoms with van der Waals surface area (Å²) in [6.45, 7) is 8.36. The Balaban J connectivity index is 1.95. The molecule has 0 saturated carbocycles. The molecule has 1 unspecified atom stereocenters. The second-order valence-electron chi connectivity index (χ2n) is 5.50. The van der Waals surface area contributed by atoms with Crippen LogP contribution in [0.15, 0.2) is 0 Å². The zero-order valence-electron chi connectivity index (χ0n) is 12.0. The molecular formula is C14H31N3. The molecule has 102 valence electrons. The van der Waals surface area contributed by atoms with Crippen LogP contribution in [0.3, 0.4) is 0 Å². The number of hydrogen-bond donors (Lipinski definition) is 1. The van der Waals surface area contributed by atoms with Crippen LogP contribution < -0.4 is 5.32 Å². The van der Waals surface area contributed by atoms with E-state index in [0.29, 0.717) is 0 Å². The summed E-state index contributed by atoms with van der Waals surface area (Å²) in [7, 11) is 4.53. The summed E-state index contributed by atoms with van der Waals surface area (Å²) in [6.07, 6.45) is 6.65. The number of nitrogens with zero attached hydrogens (tertiary/aromatic N) is 2. The maximum absolute atomic E-state index is 3.46. The SMILES string of the molecule is CCCNCCCCN(C)CC1CCCN1C. The molecule has 0 aromatic heterocycles. The fourth-order valence-corrected chi connectivity index (χ4v) is 2.59. The van der Waals surface area contributed by atoms with Crippen LogP contribution in [-0.2, 0) is 0 Å². The Hall–Kier alpha value is -0.120. The van der Waals surface area contributed by atoms with Gasteiger partial charge in [-0.1, -0.05) is 6.92 Å². The van der Waals surface area contributed by atoms with Crippen molar-refractivity contribution in [2.75, 3.05) is 46.8 Å². The van der Waals surface area contributed by atoms with Crippen molar-refractivity contribution in [3.8, 4) is 0 Å². The van der Waals surface area contributed by atoms with Crippen LogP contribution in [0.1, 0.15) is 39.0 Å². The Bertz CT molecular complexity index is 184. The molecule has 1 aliphatic heterocycles. The highest BCUT2D eigenvalue weighted by Gasteiger charge is 2.21. The number of unbranched alkanes of at least 4 members (excludes halogenated alkanes) is 1. The van der Waals surface area contributed by atoms with Crippen LogP contribution in [0.4, 0.5) is 0 Å². The van der Waals surface area contributed by atoms with Gasteiger partial charge in [0.1, 0.15) is 0 Å². The Labute approximate surface area is 108 Å². The molecule has 0 amide bonds. The Kier molecular flexibility index (Phi) is 7.82. The summed E-state index contributed by atoms with van der Waals surface area (Å²) < 4.78 is 0. The molecule has 17 heavy (non-hydrogen) atoms. The van der Waals surface area contributed by atoms with Gasteiger partial charge >= 0.3 is 0 Å². The minimum atomic E-state index is 0.804. The number of hydrogen-bond acceptors (Lipinski definition) is 3. The van der Waals surface area contributed by atoms with Crippen molar-refractivity contribution in [3.05, 3.63) is 0 Å². The van der Waals surface area contributed by atoms with Crippen molar-refractivity contribution in [2.24, 2.45) is 0 Å². The van der Waals surface area contributed by atoms with Gasteiger partial charge in [-0.25, -0.2) is 0 Å². The van der Waals surface area contributed by atoms with Gasteiger partial charge in [0.2, 0.25) is 0 Å². The summed E-state index contributed by atoms with van der Waals surface area (Å²) in [6, 6.07) is 0.804. The Morgan fingerprint density at radius 1 is 1.29 bits per heavy atom. The Morgan fingerprint density at radius 2 is 2.12 bits per heavy atom. The lowest BCUT2D eigenvalue weighted by Gasteiger charge is -2.25. The van der Waals surface area contributed by atoms with Crippen molar-refractivity contribution in [3.63, 3.8) is 0 Å². The van der Waals surface area contributed by atoms with Crippen LogP contribution in [-0.4, -0.2) is 62.7 Å². The quantitative estimate of drug-likeness (QED) is 0.621. The summed E-state index contributed by atoms with van der Waals surface area (Å²) in [5, 5.41) is 3.46. The van der Waals surface area contributed by atoms with E-state index < -0.39 is 0 Å². The minimum absolute atomic E-state index is 0.804. The largest absolute Gasteiger partial charge is 0.317 e. The highest BCUT2D eigenvalue weighted by molar-refractivity contribution is 4.78. The summed E-state index contributed by atoms with van der Waals surface area (Å²) in [5.41, 5.74) is 0. The fraction of sp³-hybridized carbons (Fsp3) is 1.00. The molecule has 1 rings (SSSR count). The third kappa shape index (κ3) is 6.39. The molecule has 1 saturated heterocycles. The van der Waals surface area contributed by atoms with Crippen molar-refractivity contribution in [1.82, 2.24) is 15.1 Å². The number of likely N-dealkylation sites (N-methyl/N-ethyl adjacent to an activating group) is 2. The first-order chi connectivity index (χ1) is 8.24. The second kappa shape index (κ2) is 8.90. The van der Waals surface area contributed by atoms with Gasteiger partial charge in [0.15, 0.2) is 0 Å². The average Bonchev–Trinajstić information content (AvgIpc) is 2.69. The predicted molar refractivity (Wildman–Crippen MR) is 75.5 cm³/mol. The highest BCUT2D eigenvalue weighted by Crippen LogP contribution is 2.15. The highest BCUT2D eigenvalue weighted by atomic mass is 15.2. The van der Waals surface area contributed by atoms with Crippen molar-refractivity contribution < 1.29 is 0 Å². The monoisotopic (exact) mass is 241 g/mol. The van der Waals surface area contributed by atoms with Crippen LogP contribution >= 0.6 is 0 Å². The van der Waals surface area contributed by atoms with E-state index in [1.165, 1.54) is 64.8 Å². The van der Waals surface area contributed by atoms with E-state index in [1.54, 1.807) is 0 Å². The molecule has 3 nitrogen and oxygen atoms in total. The van der Waals surface area contributed by atoms with Crippen LogP contribution in [0, 0.1) is 0 Å². The van der Waals surface area contributed by atoms with Crippen molar-refractivity contribution in [2.45, 2.75) is 45.1 Å². The lowest BCUT2D eigenvalue weighted by atomic mass is 10.2. The summed E-state index contributed by atoms with van der Waals surface area (Å²) >= 11 is 0. The fourth-order valence-electron chi connectivity index (χ4n) is 2.59. The molecule has 1 aliphatic rings. The second-order valence-corrected chi connectivity index (χ2v) is 5.50. The molecule has 0 spiro atoms. The van der Waals surface area contributed by atoms with E-state index in [1.807, 2.05) is 0 Å². The lowest BCUT2D eigenvalue weighted by molar-refractivity contribution is 0.218. The zero-order chi connectivity index (χ0) is 12.5. The summed E-state index contributed by atoms with van der Waals surface area (Å²) in [5.74, 6) is 0. The standard InChI is InChI=1S/C14H31N3/c1-4-9-15-10-5-6-11-16(2)13-14-8-7-12-17(14)3/h14-15H,4-13H2,1-3H3. The van der Waals surface area contributed by atoms with Gasteiger partial charge in [0.25, 0.3) is 0 Å². The van der Waals surface area contributed by atoms with E-state index in [0.717, 1.165) is 6.04 Å². The van der Waals surface area contributed by atoms with E-state index >= 15 is 0 Å². The molecule has 0 aromatic carbocycles. The normalized spacial score (nSPS) is 21.5. The smallest absolute Gasteiger partial charge is 0.0220 e. The van der Waals surface area contributed by atoms with Crippen LogP contribution in [0.5, 0.6) is 0 Å². The van der Waals surface area contributed by atoms with E-state index in [4.69, 9.17) is 0 Å². The molecule has 1 heterocycles. The maximum Gasteiger partial charge on any atom is 0.0220 e. The molecule has 0 aliphatic carbocycles. The third-order valence-corrected chi connectivity index (χ3v) is 3.76. The third-order valence-electron chi connectivity index (χ3n) is 3.76. The predicted octanol–water partition coefficient (Wildman–Crippen LogP) is 1.79. The average molecular weight is 241 g/mol. The van der Waals surface area contributed by atoms with Gasteiger partial charge in [-0.15, -0.1) is 0 Å². The number of nitrogens with one attached hydrogen (secondary N) is 1. The minimum Gasteiger partial charge on any atom is -0.317 e. The Morgan fingerprint density at radius 3 is 2.76 bits per heavy atom. The molecular weight excluding hydrogens is 210 g/mol. The van der Waals surface area contributed by atoms with Gasteiger partial charge in [-0.05, 0) is 72.4 Å². The number of rotatable bonds is 9. The molecule has 1 fully saturated rings. The van der Waals surface area contributed by atoms with Gasteiger partial charge in [0.05, 0.1) is 0 Å². The number of likely N-dealkylation sites (tertiary alicyclic amines) is 1. The summed E-state index contributed by atoms with van der Waals surface area (Å²) in [4.78, 5) is 5.02. The van der Waals surface area contributed by atoms with Crippen LogP contribution in [0.2, 0.25) is 0 Å². The first kappa shape index (κ1) is 14.9. The van der Waals surface area contributed by atoms with Crippen LogP contribution in [0.25, 0.3) is 0 Å². The molecule has 0 bridgehead atoms. The molecule has 3 heteroatoms. The van der Waals surface area contributed by atoms with E-state index in [9.17, 15) is 0 Å². The van der Waals surface area contributed by atoms with Gasteiger partial charge in [-0.3, -0.25) is 0 Å². The lowest BCUT2D eigenvalue weighted by Crippen LogP contribution is -2.37. The van der Waals surface area contributed by atoms with Gasteiger partial charge < -0.3 is 15.1 Å². The maximum atomic E-state index is 3.46. The van der Waals surface area contributed by atoms with Gasteiger partial charge in [0, 0.05) is 12.6 Å². The molecule has 0 radical (unpaired) electrons. The first-order valence-electron chi connectivity index (χ1n) is 7.33. The van der Waals surface area contributed by atoms with E-state index in [-0.39, 0.29) is 0 Å². The van der Waals surface area contributed by atoms with E-state index in [2.05, 4.69) is 36.1 Å². The van der Waals surface area contributed by atoms with Crippen molar-refractivity contribution >= 4 is 0 Å². The first-order valence-corrected chi connectivity index (χ1v) is 7.33. The topological polar surface area (TPSA) is 18.5 Å². The molecule has 0 aromatic rings. The van der Waals surface area contributed by atoms with Crippen molar-refractivity contribution in [1.29, 1.82) is 0 Å².